The van der Waals surface area contributed by atoms with Crippen LogP contribution in [0.5, 0.6) is 11.5 Å². The third-order valence-corrected chi connectivity index (χ3v) is 2.57. The van der Waals surface area contributed by atoms with Crippen molar-refractivity contribution in [1.82, 2.24) is 0 Å². The van der Waals surface area contributed by atoms with Crippen molar-refractivity contribution in [3.63, 3.8) is 0 Å². The molecule has 0 atom stereocenters. The molecule has 3 nitrogen and oxygen atoms in total. The van der Waals surface area contributed by atoms with Crippen LogP contribution in [0.3, 0.4) is 0 Å². The maximum absolute atomic E-state index is 13.2. The van der Waals surface area contributed by atoms with Crippen LogP contribution < -0.4 is 9.78 Å². The van der Waals surface area contributed by atoms with E-state index in [1.165, 1.54) is 0 Å². The van der Waals surface area contributed by atoms with Crippen molar-refractivity contribution in [2.24, 2.45) is 0 Å². The van der Waals surface area contributed by atoms with E-state index in [1.807, 2.05) is 0 Å². The van der Waals surface area contributed by atoms with Crippen LogP contribution in [0.15, 0.2) is 0 Å². The van der Waals surface area contributed by atoms with Gasteiger partial charge >= 0.3 is 0 Å². The van der Waals surface area contributed by atoms with Crippen LogP contribution in [0.25, 0.3) is 0 Å². The third kappa shape index (κ3) is 3.01. The minimum absolute atomic E-state index is 2.10. The Morgan fingerprint density at radius 2 is 0.520 bits per heavy atom. The number of halogens is 10. The highest BCUT2D eigenvalue weighted by Gasteiger charge is 2.30. The highest BCUT2D eigenvalue weighted by molar-refractivity contribution is 5.30. The van der Waals surface area contributed by atoms with Crippen LogP contribution in [0.2, 0.25) is 0 Å². The first-order valence-corrected chi connectivity index (χ1v) is 5.63. The average Bonchev–Trinajstić information content (AvgIpc) is 2.60. The zero-order valence-electron chi connectivity index (χ0n) is 11.0. The number of hydrogen-bond donors (Lipinski definition) is 0. The van der Waals surface area contributed by atoms with Crippen molar-refractivity contribution in [3.8, 4) is 11.5 Å². The maximum Gasteiger partial charge on any atom is 0.247 e. The molecule has 0 aliphatic carbocycles. The first kappa shape index (κ1) is 18.6. The molecule has 0 unspecified atom stereocenters. The van der Waals surface area contributed by atoms with Crippen molar-refractivity contribution in [2.75, 3.05) is 0 Å². The summed E-state index contributed by atoms with van der Waals surface area (Å²) >= 11 is 0. The van der Waals surface area contributed by atoms with Gasteiger partial charge in [0, 0.05) is 5.04 Å². The lowest BCUT2D eigenvalue weighted by molar-refractivity contribution is -0.415. The molecule has 0 bridgehead atoms. The minimum Gasteiger partial charge on any atom is -0.293 e. The molecule has 0 spiro atoms. The Balaban J connectivity index is 2.29. The Morgan fingerprint density at radius 1 is 0.320 bits per heavy atom. The highest BCUT2D eigenvalue weighted by Crippen LogP contribution is 2.31. The van der Waals surface area contributed by atoms with Gasteiger partial charge in [-0.05, 0) is 0 Å². The second kappa shape index (κ2) is 6.66. The van der Waals surface area contributed by atoms with Crippen molar-refractivity contribution < 1.29 is 58.7 Å². The molecule has 0 fully saturated rings. The van der Waals surface area contributed by atoms with Crippen molar-refractivity contribution in [1.29, 1.82) is 0 Å². The average molecular weight is 382 g/mol. The standard InChI is InChI=1S/C12F10O3/c13-1-3(15)7(19)11(8(20)4(1)16)23-25-24-12-9(21)5(17)2(14)6(18)10(12)22. The molecule has 0 saturated carbocycles. The van der Waals surface area contributed by atoms with Gasteiger partial charge in [0.2, 0.25) is 69.7 Å². The normalized spacial score (nSPS) is 11.0. The van der Waals surface area contributed by atoms with Crippen LogP contribution in [0.1, 0.15) is 0 Å². The fourth-order valence-corrected chi connectivity index (χ4v) is 1.40. The molecule has 0 aliphatic heterocycles. The van der Waals surface area contributed by atoms with Crippen molar-refractivity contribution in [3.05, 3.63) is 58.2 Å². The topological polar surface area (TPSA) is 27.7 Å². The van der Waals surface area contributed by atoms with Gasteiger partial charge < -0.3 is 0 Å². The van der Waals surface area contributed by atoms with Crippen molar-refractivity contribution in [2.45, 2.75) is 0 Å². The largest absolute Gasteiger partial charge is 0.293 e. The zero-order chi connectivity index (χ0) is 19.0. The summed E-state index contributed by atoms with van der Waals surface area (Å²) in [7, 11) is 0. The number of hydrogen-bond acceptors (Lipinski definition) is 3. The van der Waals surface area contributed by atoms with Crippen LogP contribution >= 0.6 is 0 Å². The van der Waals surface area contributed by atoms with E-state index in [4.69, 9.17) is 0 Å². The van der Waals surface area contributed by atoms with Gasteiger partial charge in [-0.2, -0.15) is 17.6 Å². The van der Waals surface area contributed by atoms with Gasteiger partial charge in [0.05, 0.1) is 0 Å². The molecule has 0 aliphatic rings. The van der Waals surface area contributed by atoms with Gasteiger partial charge in [-0.3, -0.25) is 9.78 Å². The monoisotopic (exact) mass is 382 g/mol. The molecule has 0 amide bonds. The summed E-state index contributed by atoms with van der Waals surface area (Å²) in [5.41, 5.74) is 0. The molecule has 2 rings (SSSR count). The quantitative estimate of drug-likeness (QED) is 0.258. The molecular weight excluding hydrogens is 382 g/mol. The lowest BCUT2D eigenvalue weighted by Crippen LogP contribution is -2.12. The minimum atomic E-state index is -2.55. The molecule has 13 heteroatoms. The first-order valence-electron chi connectivity index (χ1n) is 5.63. The fourth-order valence-electron chi connectivity index (χ4n) is 1.40. The van der Waals surface area contributed by atoms with E-state index in [1.54, 1.807) is 0 Å². The Labute approximate surface area is 129 Å². The Morgan fingerprint density at radius 3 is 0.760 bits per heavy atom. The SMILES string of the molecule is Fc1c(F)c(F)c(OOOc2c(F)c(F)c(F)c(F)c2F)c(F)c1F. The summed E-state index contributed by atoms with van der Waals surface area (Å²) in [5.74, 6) is -29.4. The van der Waals surface area contributed by atoms with E-state index in [-0.39, 0.29) is 0 Å². The molecule has 0 N–H and O–H groups in total. The lowest BCUT2D eigenvalue weighted by Gasteiger charge is -2.09. The number of benzene rings is 2. The van der Waals surface area contributed by atoms with E-state index in [2.05, 4.69) is 14.8 Å². The van der Waals surface area contributed by atoms with E-state index >= 15 is 0 Å². The van der Waals surface area contributed by atoms with Crippen LogP contribution in [-0.4, -0.2) is 0 Å². The second-order valence-corrected chi connectivity index (χ2v) is 4.03. The summed E-state index contributed by atoms with van der Waals surface area (Å²) in [5, 5.41) is 3.36. The predicted molar refractivity (Wildman–Crippen MR) is 54.8 cm³/mol. The maximum atomic E-state index is 13.2. The molecule has 25 heavy (non-hydrogen) atoms. The summed E-state index contributed by atoms with van der Waals surface area (Å²) < 4.78 is 129. The van der Waals surface area contributed by atoms with E-state index < -0.39 is 69.7 Å². The molecule has 136 valence electrons. The number of rotatable bonds is 4. The third-order valence-electron chi connectivity index (χ3n) is 2.57. The summed E-state index contributed by atoms with van der Waals surface area (Å²) in [6, 6.07) is 0. The Bertz CT molecular complexity index is 727. The lowest BCUT2D eigenvalue weighted by atomic mass is 10.3. The van der Waals surface area contributed by atoms with Gasteiger partial charge in [-0.25, -0.2) is 26.3 Å². The molecule has 2 aromatic carbocycles. The van der Waals surface area contributed by atoms with E-state index in [9.17, 15) is 43.9 Å². The van der Waals surface area contributed by atoms with Gasteiger partial charge in [0.25, 0.3) is 0 Å². The summed E-state index contributed by atoms with van der Waals surface area (Å²) in [6.45, 7) is 0. The smallest absolute Gasteiger partial charge is 0.247 e. The summed E-state index contributed by atoms with van der Waals surface area (Å²) in [4.78, 5) is 7.03. The Kier molecular flexibility index (Phi) is 4.97. The molecular formula is C12F10O3. The fraction of sp³-hybridized carbons (Fsp3) is 0. The first-order chi connectivity index (χ1) is 11.6. The van der Waals surface area contributed by atoms with E-state index in [0.717, 1.165) is 0 Å². The van der Waals surface area contributed by atoms with E-state index in [0.29, 0.717) is 0 Å². The van der Waals surface area contributed by atoms with Crippen LogP contribution in [0, 0.1) is 58.2 Å². The molecule has 0 radical (unpaired) electrons. The zero-order valence-corrected chi connectivity index (χ0v) is 11.0. The second-order valence-electron chi connectivity index (χ2n) is 4.03. The molecule has 0 heterocycles. The molecule has 2 aromatic rings. The van der Waals surface area contributed by atoms with Crippen LogP contribution in [-0.2, 0) is 5.04 Å². The van der Waals surface area contributed by atoms with Gasteiger partial charge in [-0.15, -0.1) is 0 Å². The van der Waals surface area contributed by atoms with Gasteiger partial charge in [0.1, 0.15) is 0 Å². The highest BCUT2D eigenvalue weighted by atomic mass is 19.2. The molecule has 0 aromatic heterocycles. The van der Waals surface area contributed by atoms with Crippen LogP contribution in [0.4, 0.5) is 43.9 Å². The Hall–Kier alpha value is -2.70. The van der Waals surface area contributed by atoms with Crippen molar-refractivity contribution >= 4 is 0 Å². The predicted octanol–water partition coefficient (Wildman–Crippen LogP) is 4.38. The summed E-state index contributed by atoms with van der Waals surface area (Å²) in [6.07, 6.45) is 0. The van der Waals surface area contributed by atoms with Gasteiger partial charge in [0.15, 0.2) is 0 Å². The molecule has 0 saturated heterocycles. The van der Waals surface area contributed by atoms with Gasteiger partial charge in [-0.1, -0.05) is 0 Å².